The van der Waals surface area contributed by atoms with Gasteiger partial charge in [0.25, 0.3) is 5.91 Å². The molecule has 1 amide bonds. The molecular weight excluding hydrogens is 380 g/mol. The molecule has 0 bridgehead atoms. The van der Waals surface area contributed by atoms with E-state index >= 15 is 0 Å². The monoisotopic (exact) mass is 402 g/mol. The summed E-state index contributed by atoms with van der Waals surface area (Å²) in [6.45, 7) is 0.886. The van der Waals surface area contributed by atoms with E-state index in [1.165, 1.54) is 17.5 Å². The molecule has 0 fully saturated rings. The number of hydrogen-bond acceptors (Lipinski definition) is 5. The van der Waals surface area contributed by atoms with Crippen molar-refractivity contribution in [1.29, 1.82) is 5.26 Å². The minimum atomic E-state index is -0.309. The van der Waals surface area contributed by atoms with Crippen LogP contribution in [0.15, 0.2) is 59.0 Å². The highest BCUT2D eigenvalue weighted by atomic mass is 16.5. The molecule has 0 unspecified atom stereocenters. The SMILES string of the molecule is N#Cc1ccccc1OCc1ccc(C(=O)NCCOc2ccc3c(c2)CCC3)o1. The lowest BCUT2D eigenvalue weighted by Crippen LogP contribution is -2.27. The van der Waals surface area contributed by atoms with E-state index in [0.717, 1.165) is 18.6 Å². The van der Waals surface area contributed by atoms with Crippen molar-refractivity contribution in [1.82, 2.24) is 5.32 Å². The maximum Gasteiger partial charge on any atom is 0.287 e. The Morgan fingerprint density at radius 1 is 1.07 bits per heavy atom. The molecule has 4 rings (SSSR count). The molecule has 1 aromatic heterocycles. The smallest absolute Gasteiger partial charge is 0.287 e. The number of furan rings is 1. The second kappa shape index (κ2) is 9.19. The summed E-state index contributed by atoms with van der Waals surface area (Å²) in [5.74, 6) is 1.71. The number of hydrogen-bond donors (Lipinski definition) is 1. The van der Waals surface area contributed by atoms with Crippen LogP contribution in [-0.2, 0) is 19.4 Å². The molecule has 0 aliphatic heterocycles. The van der Waals surface area contributed by atoms with Crippen LogP contribution in [0.25, 0.3) is 0 Å². The Kier molecular flexibility index (Phi) is 6.00. The average molecular weight is 402 g/mol. The molecule has 6 heteroatoms. The Morgan fingerprint density at radius 3 is 2.83 bits per heavy atom. The molecule has 0 saturated heterocycles. The molecular formula is C24H22N2O4. The topological polar surface area (TPSA) is 84.5 Å². The molecule has 152 valence electrons. The quantitative estimate of drug-likeness (QED) is 0.575. The molecule has 2 aromatic carbocycles. The number of para-hydroxylation sites is 1. The summed E-state index contributed by atoms with van der Waals surface area (Å²) in [6, 6.07) is 18.5. The first-order chi connectivity index (χ1) is 14.7. The molecule has 30 heavy (non-hydrogen) atoms. The molecule has 0 saturated carbocycles. The van der Waals surface area contributed by atoms with Crippen molar-refractivity contribution < 1.29 is 18.7 Å². The van der Waals surface area contributed by atoms with Crippen LogP contribution in [0.3, 0.4) is 0 Å². The van der Waals surface area contributed by atoms with E-state index in [0.29, 0.717) is 30.2 Å². The van der Waals surface area contributed by atoms with E-state index in [4.69, 9.17) is 19.2 Å². The predicted octanol–water partition coefficient (Wildman–Crippen LogP) is 4.03. The van der Waals surface area contributed by atoms with Crippen LogP contribution in [0.2, 0.25) is 0 Å². The van der Waals surface area contributed by atoms with Gasteiger partial charge in [-0.3, -0.25) is 4.79 Å². The van der Waals surface area contributed by atoms with Gasteiger partial charge in [0.05, 0.1) is 12.1 Å². The molecule has 0 atom stereocenters. The van der Waals surface area contributed by atoms with E-state index in [9.17, 15) is 4.79 Å². The highest BCUT2D eigenvalue weighted by molar-refractivity contribution is 5.91. The number of rotatable bonds is 8. The van der Waals surface area contributed by atoms with Crippen molar-refractivity contribution in [2.45, 2.75) is 25.9 Å². The minimum absolute atomic E-state index is 0.132. The van der Waals surface area contributed by atoms with Gasteiger partial charge in [0.1, 0.15) is 36.5 Å². The van der Waals surface area contributed by atoms with Gasteiger partial charge in [-0.2, -0.15) is 5.26 Å². The van der Waals surface area contributed by atoms with Gasteiger partial charge in [0, 0.05) is 0 Å². The van der Waals surface area contributed by atoms with Crippen LogP contribution in [0.5, 0.6) is 11.5 Å². The summed E-state index contributed by atoms with van der Waals surface area (Å²) in [6.07, 6.45) is 3.46. The van der Waals surface area contributed by atoms with E-state index in [1.807, 2.05) is 6.07 Å². The predicted molar refractivity (Wildman–Crippen MR) is 110 cm³/mol. The van der Waals surface area contributed by atoms with Crippen LogP contribution in [-0.4, -0.2) is 19.1 Å². The van der Waals surface area contributed by atoms with Crippen molar-refractivity contribution in [3.63, 3.8) is 0 Å². The van der Waals surface area contributed by atoms with Crippen molar-refractivity contribution in [2.24, 2.45) is 0 Å². The molecule has 1 N–H and O–H groups in total. The van der Waals surface area contributed by atoms with Gasteiger partial charge in [-0.25, -0.2) is 0 Å². The lowest BCUT2D eigenvalue weighted by atomic mass is 10.1. The third-order valence-electron chi connectivity index (χ3n) is 4.99. The first kappa shape index (κ1) is 19.6. The van der Waals surface area contributed by atoms with Crippen molar-refractivity contribution in [3.05, 3.63) is 82.8 Å². The number of nitrogens with one attached hydrogen (secondary N) is 1. The van der Waals surface area contributed by atoms with Crippen LogP contribution in [0.1, 0.15) is 39.4 Å². The first-order valence-corrected chi connectivity index (χ1v) is 9.96. The fourth-order valence-corrected chi connectivity index (χ4v) is 3.47. The summed E-state index contributed by atoms with van der Waals surface area (Å²) in [7, 11) is 0. The largest absolute Gasteiger partial charge is 0.492 e. The lowest BCUT2D eigenvalue weighted by Gasteiger charge is -2.09. The number of carbonyl (C=O) groups is 1. The Labute approximate surface area is 175 Å². The second-order valence-corrected chi connectivity index (χ2v) is 7.05. The van der Waals surface area contributed by atoms with Crippen LogP contribution >= 0.6 is 0 Å². The van der Waals surface area contributed by atoms with Gasteiger partial charge in [-0.05, 0) is 66.8 Å². The normalized spacial score (nSPS) is 12.1. The van der Waals surface area contributed by atoms with E-state index in [-0.39, 0.29) is 18.3 Å². The molecule has 0 spiro atoms. The summed E-state index contributed by atoms with van der Waals surface area (Å²) < 4.78 is 16.9. The fourth-order valence-electron chi connectivity index (χ4n) is 3.47. The maximum absolute atomic E-state index is 12.3. The number of nitrogens with zero attached hydrogens (tertiary/aromatic N) is 1. The van der Waals surface area contributed by atoms with Crippen molar-refractivity contribution in [2.75, 3.05) is 13.2 Å². The standard InChI is InChI=1S/C24H22N2O4/c25-15-19-4-1-2-7-22(19)29-16-21-10-11-23(30-21)24(27)26-12-13-28-20-9-8-17-5-3-6-18(17)14-20/h1-2,4,7-11,14H,3,5-6,12-13,16H2,(H,26,27). The average Bonchev–Trinajstić information content (AvgIpc) is 3.44. The number of carbonyl (C=O) groups excluding carboxylic acids is 1. The lowest BCUT2D eigenvalue weighted by molar-refractivity contribution is 0.0915. The van der Waals surface area contributed by atoms with E-state index < -0.39 is 0 Å². The molecule has 0 radical (unpaired) electrons. The Bertz CT molecular complexity index is 1080. The maximum atomic E-state index is 12.3. The number of benzene rings is 2. The molecule has 1 heterocycles. The Hall–Kier alpha value is -3.72. The summed E-state index contributed by atoms with van der Waals surface area (Å²) in [5.41, 5.74) is 3.22. The minimum Gasteiger partial charge on any atom is -0.492 e. The van der Waals surface area contributed by atoms with Gasteiger partial charge in [-0.1, -0.05) is 18.2 Å². The van der Waals surface area contributed by atoms with E-state index in [1.54, 1.807) is 36.4 Å². The highest BCUT2D eigenvalue weighted by Gasteiger charge is 2.13. The van der Waals surface area contributed by atoms with Gasteiger partial charge in [0.2, 0.25) is 0 Å². The summed E-state index contributed by atoms with van der Waals surface area (Å²) in [4.78, 5) is 12.3. The fraction of sp³-hybridized carbons (Fsp3) is 0.250. The molecule has 1 aliphatic rings. The third-order valence-corrected chi connectivity index (χ3v) is 4.99. The molecule has 1 aliphatic carbocycles. The van der Waals surface area contributed by atoms with E-state index in [2.05, 4.69) is 23.5 Å². The number of nitriles is 1. The zero-order valence-corrected chi connectivity index (χ0v) is 16.5. The first-order valence-electron chi connectivity index (χ1n) is 9.96. The molecule has 3 aromatic rings. The highest BCUT2D eigenvalue weighted by Crippen LogP contribution is 2.26. The number of fused-ring (bicyclic) bond motifs is 1. The zero-order valence-electron chi connectivity index (χ0n) is 16.5. The van der Waals surface area contributed by atoms with Gasteiger partial charge >= 0.3 is 0 Å². The van der Waals surface area contributed by atoms with Crippen molar-refractivity contribution in [3.8, 4) is 17.6 Å². The second-order valence-electron chi connectivity index (χ2n) is 7.05. The van der Waals surface area contributed by atoms with Crippen LogP contribution in [0.4, 0.5) is 0 Å². The summed E-state index contributed by atoms with van der Waals surface area (Å²) >= 11 is 0. The van der Waals surface area contributed by atoms with Gasteiger partial charge in [-0.15, -0.1) is 0 Å². The van der Waals surface area contributed by atoms with Crippen LogP contribution in [0, 0.1) is 11.3 Å². The Morgan fingerprint density at radius 2 is 1.93 bits per heavy atom. The van der Waals surface area contributed by atoms with Gasteiger partial charge in [0.15, 0.2) is 5.76 Å². The van der Waals surface area contributed by atoms with Crippen molar-refractivity contribution >= 4 is 5.91 Å². The van der Waals surface area contributed by atoms with Crippen LogP contribution < -0.4 is 14.8 Å². The molecule has 6 nitrogen and oxygen atoms in total. The van der Waals surface area contributed by atoms with Gasteiger partial charge < -0.3 is 19.2 Å². The number of ether oxygens (including phenoxy) is 2. The summed E-state index contributed by atoms with van der Waals surface area (Å²) in [5, 5.41) is 11.9. The number of amides is 1. The Balaban J connectivity index is 1.22. The number of aryl methyl sites for hydroxylation is 2. The third kappa shape index (κ3) is 4.64. The zero-order chi connectivity index (χ0) is 20.8.